The predicted molar refractivity (Wildman–Crippen MR) is 128 cm³/mol. The van der Waals surface area contributed by atoms with Crippen molar-refractivity contribution in [2.45, 2.75) is 55.4 Å². The monoisotopic (exact) mass is 617 g/mol. The van der Waals surface area contributed by atoms with Crippen molar-refractivity contribution in [3.8, 4) is 17.3 Å². The van der Waals surface area contributed by atoms with Crippen LogP contribution in [0.5, 0.6) is 0 Å². The van der Waals surface area contributed by atoms with Gasteiger partial charge >= 0.3 is 12.4 Å². The van der Waals surface area contributed by atoms with Gasteiger partial charge in [-0.1, -0.05) is 0 Å². The number of aromatic nitrogens is 4. The molecule has 222 valence electrons. The van der Waals surface area contributed by atoms with E-state index in [9.17, 15) is 43.9 Å². The van der Waals surface area contributed by atoms with Gasteiger partial charge in [0.05, 0.1) is 17.3 Å². The highest BCUT2D eigenvalue weighted by atomic mass is 32.2. The zero-order valence-corrected chi connectivity index (χ0v) is 22.0. The number of nitrogens with zero attached hydrogens (tertiary/aromatic N) is 6. The van der Waals surface area contributed by atoms with Crippen molar-refractivity contribution < 1.29 is 43.9 Å². The fraction of sp³-hybridized carbons (Fsp3) is 0.333. The summed E-state index contributed by atoms with van der Waals surface area (Å²) < 4.78 is 121. The van der Waals surface area contributed by atoms with Crippen molar-refractivity contribution in [2.75, 3.05) is 0 Å². The Balaban J connectivity index is 1.61. The average Bonchev–Trinajstić information content (AvgIpc) is 3.25. The molecule has 1 aliphatic rings. The van der Waals surface area contributed by atoms with Crippen LogP contribution in [0.3, 0.4) is 0 Å². The van der Waals surface area contributed by atoms with Gasteiger partial charge in [-0.25, -0.2) is 27.8 Å². The highest BCUT2D eigenvalue weighted by molar-refractivity contribution is 7.89. The van der Waals surface area contributed by atoms with Gasteiger partial charge in [-0.2, -0.15) is 35.9 Å². The quantitative estimate of drug-likeness (QED) is 0.414. The lowest BCUT2D eigenvalue weighted by Crippen LogP contribution is -2.48. The molecule has 4 rings (SSSR count). The number of pyridine rings is 2. The second-order valence-corrected chi connectivity index (χ2v) is 10.9. The minimum atomic E-state index is -4.95. The van der Waals surface area contributed by atoms with Crippen LogP contribution in [-0.2, 0) is 33.7 Å². The Labute approximate surface area is 233 Å². The molecule has 0 aliphatic carbocycles. The van der Waals surface area contributed by atoms with E-state index >= 15 is 0 Å². The summed E-state index contributed by atoms with van der Waals surface area (Å²) >= 11 is 0. The number of nitriles is 1. The van der Waals surface area contributed by atoms with Crippen molar-refractivity contribution in [3.05, 3.63) is 65.6 Å². The summed E-state index contributed by atoms with van der Waals surface area (Å²) in [6.07, 6.45) is -9.47. The molecule has 3 aromatic rings. The molecule has 0 unspecified atom stereocenters. The molecule has 0 spiro atoms. The molecule has 1 aliphatic heterocycles. The smallest absolute Gasteiger partial charge is 0.351 e. The van der Waals surface area contributed by atoms with E-state index in [1.807, 2.05) is 0 Å². The van der Waals surface area contributed by atoms with E-state index in [1.54, 1.807) is 6.07 Å². The first-order valence-corrected chi connectivity index (χ1v) is 13.2. The van der Waals surface area contributed by atoms with E-state index in [1.165, 1.54) is 6.92 Å². The molecule has 3 aromatic heterocycles. The normalized spacial score (nSPS) is 19.8. The van der Waals surface area contributed by atoms with Gasteiger partial charge < -0.3 is 5.32 Å². The summed E-state index contributed by atoms with van der Waals surface area (Å²) in [5.41, 5.74) is -2.33. The Bertz CT molecular complexity index is 1620. The molecule has 1 saturated heterocycles. The molecule has 0 bridgehead atoms. The zero-order valence-electron chi connectivity index (χ0n) is 21.1. The number of amides is 1. The third-order valence-corrected chi connectivity index (χ3v) is 8.34. The Morgan fingerprint density at radius 3 is 2.26 bits per heavy atom. The van der Waals surface area contributed by atoms with E-state index in [4.69, 9.17) is 5.26 Å². The van der Waals surface area contributed by atoms with Crippen molar-refractivity contribution in [1.29, 1.82) is 5.26 Å². The molecule has 1 N–H and O–H groups in total. The first-order valence-electron chi connectivity index (χ1n) is 11.8. The van der Waals surface area contributed by atoms with Crippen molar-refractivity contribution >= 4 is 15.9 Å². The van der Waals surface area contributed by atoms with Crippen LogP contribution in [0.1, 0.15) is 36.0 Å². The molecule has 10 nitrogen and oxygen atoms in total. The minimum absolute atomic E-state index is 0.0962. The van der Waals surface area contributed by atoms with Gasteiger partial charge in [0, 0.05) is 43.3 Å². The van der Waals surface area contributed by atoms with Crippen LogP contribution in [0.2, 0.25) is 0 Å². The number of alkyl halides is 7. The first-order chi connectivity index (χ1) is 19.5. The van der Waals surface area contributed by atoms with E-state index in [0.717, 1.165) is 36.8 Å². The third kappa shape index (κ3) is 6.16. The van der Waals surface area contributed by atoms with Crippen molar-refractivity contribution in [2.24, 2.45) is 0 Å². The molecule has 0 radical (unpaired) electrons. The standard InChI is InChI=1S/C24H18F7N7O3S/c1-12-18(25)5-20(38(12)42(40,41)16-3-2-15(6-32)33-10-16)21(39)35-7-13-4-19(34-11-17(13)23(26,27)28)14-8-36-22(37-9-14)24(29,30)31/h2-4,8-12,18,20H,5,7H2,1H3,(H,35,39)/t12-,18+,20-/m0/s1. The summed E-state index contributed by atoms with van der Waals surface area (Å²) in [6.45, 7) is 0.397. The first kappa shape index (κ1) is 30.7. The van der Waals surface area contributed by atoms with E-state index in [2.05, 4.69) is 25.3 Å². The van der Waals surface area contributed by atoms with Gasteiger partial charge in [0.2, 0.25) is 21.8 Å². The number of hydrogen-bond acceptors (Lipinski definition) is 8. The average molecular weight is 618 g/mol. The number of nitrogens with one attached hydrogen (secondary N) is 1. The third-order valence-electron chi connectivity index (χ3n) is 6.36. The minimum Gasteiger partial charge on any atom is -0.351 e. The maximum absolute atomic E-state index is 14.7. The molecule has 3 atom stereocenters. The second kappa shape index (κ2) is 11.2. The number of carbonyl (C=O) groups excluding carboxylic acids is 1. The number of hydrogen-bond donors (Lipinski definition) is 1. The summed E-state index contributed by atoms with van der Waals surface area (Å²) in [7, 11) is -4.53. The fourth-order valence-corrected chi connectivity index (χ4v) is 6.01. The highest BCUT2D eigenvalue weighted by Gasteiger charge is 2.49. The van der Waals surface area contributed by atoms with E-state index in [0.29, 0.717) is 10.5 Å². The van der Waals surface area contributed by atoms with E-state index < -0.39 is 81.4 Å². The molecule has 0 aromatic carbocycles. The van der Waals surface area contributed by atoms with Crippen LogP contribution in [0.15, 0.2) is 47.9 Å². The molecule has 1 fully saturated rings. The summed E-state index contributed by atoms with van der Waals surface area (Å²) in [5, 5.41) is 11.1. The Kier molecular flexibility index (Phi) is 8.20. The number of carbonyl (C=O) groups is 1. The van der Waals surface area contributed by atoms with Crippen LogP contribution in [0, 0.1) is 11.3 Å². The SMILES string of the molecule is C[C@H]1[C@H](F)C[C@@H](C(=O)NCc2cc(-c3cnc(C(F)(F)F)nc3)ncc2C(F)(F)F)N1S(=O)(=O)c1ccc(C#N)nc1. The van der Waals surface area contributed by atoms with Crippen LogP contribution in [0.25, 0.3) is 11.3 Å². The molecule has 0 saturated carbocycles. The molecule has 18 heteroatoms. The van der Waals surface area contributed by atoms with Crippen LogP contribution >= 0.6 is 0 Å². The van der Waals surface area contributed by atoms with Crippen LogP contribution in [-0.4, -0.2) is 56.8 Å². The number of rotatable bonds is 6. The maximum Gasteiger partial charge on any atom is 0.451 e. The molecule has 4 heterocycles. The van der Waals surface area contributed by atoms with Crippen molar-refractivity contribution in [3.63, 3.8) is 0 Å². The molecule has 1 amide bonds. The zero-order chi connectivity index (χ0) is 31.0. The van der Waals surface area contributed by atoms with Crippen LogP contribution in [0.4, 0.5) is 30.7 Å². The predicted octanol–water partition coefficient (Wildman–Crippen LogP) is 3.65. The Morgan fingerprint density at radius 2 is 1.71 bits per heavy atom. The summed E-state index contributed by atoms with van der Waals surface area (Å²) in [4.78, 5) is 26.2. The lowest BCUT2D eigenvalue weighted by molar-refractivity contribution is -0.145. The summed E-state index contributed by atoms with van der Waals surface area (Å²) in [5.74, 6) is -2.57. The Hall–Kier alpha value is -4.24. The van der Waals surface area contributed by atoms with Gasteiger partial charge in [-0.3, -0.25) is 9.78 Å². The van der Waals surface area contributed by atoms with Gasteiger partial charge in [-0.15, -0.1) is 0 Å². The highest BCUT2D eigenvalue weighted by Crippen LogP contribution is 2.35. The maximum atomic E-state index is 14.7. The largest absolute Gasteiger partial charge is 0.451 e. The van der Waals surface area contributed by atoms with Gasteiger partial charge in [0.15, 0.2) is 0 Å². The van der Waals surface area contributed by atoms with E-state index in [-0.39, 0.29) is 17.0 Å². The Morgan fingerprint density at radius 1 is 1.05 bits per heavy atom. The lowest BCUT2D eigenvalue weighted by Gasteiger charge is -2.27. The van der Waals surface area contributed by atoms with Crippen LogP contribution < -0.4 is 5.32 Å². The van der Waals surface area contributed by atoms with Gasteiger partial charge in [0.1, 0.15) is 28.9 Å². The number of halogens is 7. The summed E-state index contributed by atoms with van der Waals surface area (Å²) in [6, 6.07) is 1.76. The van der Waals surface area contributed by atoms with Crippen molar-refractivity contribution in [1.82, 2.24) is 29.6 Å². The molecule has 42 heavy (non-hydrogen) atoms. The topological polar surface area (TPSA) is 142 Å². The number of sulfonamides is 1. The fourth-order valence-electron chi connectivity index (χ4n) is 4.25. The molecular formula is C24H18F7N7O3S. The molecular weight excluding hydrogens is 599 g/mol. The van der Waals surface area contributed by atoms with Gasteiger partial charge in [-0.05, 0) is 30.7 Å². The van der Waals surface area contributed by atoms with Gasteiger partial charge in [0.25, 0.3) is 0 Å². The lowest BCUT2D eigenvalue weighted by atomic mass is 10.1. The second-order valence-electron chi connectivity index (χ2n) is 9.07.